The van der Waals surface area contributed by atoms with Crippen molar-refractivity contribution in [2.75, 3.05) is 26.1 Å². The lowest BCUT2D eigenvalue weighted by Gasteiger charge is -2.43. The van der Waals surface area contributed by atoms with E-state index >= 15 is 0 Å². The Hall–Kier alpha value is -1.91. The second-order valence-electron chi connectivity index (χ2n) is 6.53. The Morgan fingerprint density at radius 1 is 1.12 bits per heavy atom. The van der Waals surface area contributed by atoms with Crippen LogP contribution in [-0.4, -0.2) is 20.8 Å². The molecule has 0 aliphatic carbocycles. The average molecular weight is 360 g/mol. The summed E-state index contributed by atoms with van der Waals surface area (Å²) in [5.74, 6) is 1.85. The molecule has 1 fully saturated rings. The highest BCUT2D eigenvalue weighted by molar-refractivity contribution is 6.30. The van der Waals surface area contributed by atoms with Crippen molar-refractivity contribution in [1.29, 1.82) is 0 Å². The fraction of sp³-hybridized carbons (Fsp3) is 0.400. The molecule has 2 aliphatic heterocycles. The number of hydrogen-bond donors (Lipinski definition) is 1. The van der Waals surface area contributed by atoms with E-state index in [0.717, 1.165) is 52.8 Å². The quantitative estimate of drug-likeness (QED) is 0.837. The van der Waals surface area contributed by atoms with Gasteiger partial charge < -0.3 is 19.5 Å². The van der Waals surface area contributed by atoms with Crippen LogP contribution < -0.4 is 14.8 Å². The number of fused-ring (bicyclic) bond motifs is 3. The van der Waals surface area contributed by atoms with Gasteiger partial charge in [0.15, 0.2) is 11.5 Å². The number of methoxy groups -OCH3 is 2. The first-order chi connectivity index (χ1) is 12.2. The van der Waals surface area contributed by atoms with Gasteiger partial charge in [0.2, 0.25) is 0 Å². The van der Waals surface area contributed by atoms with Gasteiger partial charge in [-0.1, -0.05) is 23.7 Å². The molecule has 5 heteroatoms. The van der Waals surface area contributed by atoms with Crippen molar-refractivity contribution in [2.24, 2.45) is 5.92 Å². The molecule has 0 saturated carbocycles. The van der Waals surface area contributed by atoms with E-state index < -0.39 is 0 Å². The van der Waals surface area contributed by atoms with Crippen LogP contribution >= 0.6 is 11.6 Å². The lowest BCUT2D eigenvalue weighted by molar-refractivity contribution is -0.0383. The van der Waals surface area contributed by atoms with Gasteiger partial charge in [0, 0.05) is 34.4 Å². The molecule has 3 unspecified atom stereocenters. The molecule has 1 N–H and O–H groups in total. The Morgan fingerprint density at radius 3 is 2.80 bits per heavy atom. The fourth-order valence-electron chi connectivity index (χ4n) is 4.11. The Bertz CT molecular complexity index is 780. The minimum absolute atomic E-state index is 0.0459. The number of ether oxygens (including phenoxy) is 3. The third-order valence-corrected chi connectivity index (χ3v) is 5.43. The molecule has 3 atom stereocenters. The van der Waals surface area contributed by atoms with Crippen LogP contribution in [0, 0.1) is 5.92 Å². The van der Waals surface area contributed by atoms with Gasteiger partial charge in [-0.25, -0.2) is 0 Å². The highest BCUT2D eigenvalue weighted by Gasteiger charge is 2.41. The number of rotatable bonds is 3. The van der Waals surface area contributed by atoms with Gasteiger partial charge in [-0.3, -0.25) is 0 Å². The summed E-state index contributed by atoms with van der Waals surface area (Å²) in [6, 6.07) is 12.1. The van der Waals surface area contributed by atoms with Crippen molar-refractivity contribution in [1.82, 2.24) is 0 Å². The van der Waals surface area contributed by atoms with Crippen LogP contribution in [0.2, 0.25) is 5.02 Å². The zero-order valence-electron chi connectivity index (χ0n) is 14.4. The third kappa shape index (κ3) is 2.83. The molecular formula is C20H22ClNO3. The first kappa shape index (κ1) is 16.6. The Balaban J connectivity index is 1.82. The molecule has 4 rings (SSSR count). The van der Waals surface area contributed by atoms with Crippen LogP contribution in [0.15, 0.2) is 36.4 Å². The number of halogens is 1. The van der Waals surface area contributed by atoms with E-state index in [9.17, 15) is 0 Å². The molecule has 0 spiro atoms. The standard InChI is InChI=1S/C20H22ClNO3/c1-23-17-7-3-5-14(20(17)24-2)18-13-6-4-10-25-19(13)15-11-12(21)8-9-16(15)22-18/h3,5,7-9,11,13,18-19,22H,4,6,10H2,1-2H3. The minimum Gasteiger partial charge on any atom is -0.493 e. The van der Waals surface area contributed by atoms with Gasteiger partial charge in [0.25, 0.3) is 0 Å². The highest BCUT2D eigenvalue weighted by Crippen LogP contribution is 2.51. The van der Waals surface area contributed by atoms with Gasteiger partial charge in [-0.2, -0.15) is 0 Å². The van der Waals surface area contributed by atoms with Gasteiger partial charge >= 0.3 is 0 Å². The van der Waals surface area contributed by atoms with Crippen molar-refractivity contribution in [3.8, 4) is 11.5 Å². The van der Waals surface area contributed by atoms with Crippen molar-refractivity contribution >= 4 is 17.3 Å². The molecule has 2 aromatic carbocycles. The fourth-order valence-corrected chi connectivity index (χ4v) is 4.29. The first-order valence-electron chi connectivity index (χ1n) is 8.61. The molecule has 25 heavy (non-hydrogen) atoms. The van der Waals surface area contributed by atoms with E-state index in [-0.39, 0.29) is 12.1 Å². The van der Waals surface area contributed by atoms with Gasteiger partial charge in [0.05, 0.1) is 26.4 Å². The van der Waals surface area contributed by atoms with Crippen LogP contribution in [-0.2, 0) is 4.74 Å². The Labute approximate surface area is 153 Å². The van der Waals surface area contributed by atoms with E-state index in [1.165, 1.54) is 0 Å². The molecule has 0 bridgehead atoms. The van der Waals surface area contributed by atoms with E-state index in [2.05, 4.69) is 11.4 Å². The largest absolute Gasteiger partial charge is 0.493 e. The molecule has 2 aliphatic rings. The topological polar surface area (TPSA) is 39.7 Å². The second-order valence-corrected chi connectivity index (χ2v) is 6.97. The molecule has 132 valence electrons. The number of benzene rings is 2. The van der Waals surface area contributed by atoms with Crippen LogP contribution in [0.3, 0.4) is 0 Å². The van der Waals surface area contributed by atoms with Crippen molar-refractivity contribution in [3.05, 3.63) is 52.5 Å². The summed E-state index contributed by atoms with van der Waals surface area (Å²) < 4.78 is 17.3. The molecule has 2 aromatic rings. The minimum atomic E-state index is 0.0459. The monoisotopic (exact) mass is 359 g/mol. The summed E-state index contributed by atoms with van der Waals surface area (Å²) >= 11 is 6.23. The molecule has 0 amide bonds. The number of anilines is 1. The zero-order valence-corrected chi connectivity index (χ0v) is 15.2. The summed E-state index contributed by atoms with van der Waals surface area (Å²) in [6.07, 6.45) is 2.19. The lowest BCUT2D eigenvalue weighted by atomic mass is 9.77. The molecule has 1 saturated heterocycles. The maximum Gasteiger partial charge on any atom is 0.165 e. The van der Waals surface area contributed by atoms with E-state index in [1.54, 1.807) is 14.2 Å². The second kappa shape index (κ2) is 6.77. The molecule has 0 radical (unpaired) electrons. The summed E-state index contributed by atoms with van der Waals surface area (Å²) in [4.78, 5) is 0. The maximum atomic E-state index is 6.23. The zero-order chi connectivity index (χ0) is 17.4. The van der Waals surface area contributed by atoms with Gasteiger partial charge in [-0.15, -0.1) is 0 Å². The summed E-state index contributed by atoms with van der Waals surface area (Å²) in [5.41, 5.74) is 3.32. The van der Waals surface area contributed by atoms with Crippen molar-refractivity contribution in [2.45, 2.75) is 25.0 Å². The van der Waals surface area contributed by atoms with Gasteiger partial charge in [0.1, 0.15) is 0 Å². The van der Waals surface area contributed by atoms with E-state index in [0.29, 0.717) is 5.92 Å². The summed E-state index contributed by atoms with van der Waals surface area (Å²) in [6.45, 7) is 0.787. The lowest BCUT2D eigenvalue weighted by Crippen LogP contribution is -2.36. The van der Waals surface area contributed by atoms with Crippen molar-refractivity contribution < 1.29 is 14.2 Å². The van der Waals surface area contributed by atoms with Gasteiger partial charge in [-0.05, 0) is 37.1 Å². The highest BCUT2D eigenvalue weighted by atomic mass is 35.5. The number of nitrogens with one attached hydrogen (secondary N) is 1. The van der Waals surface area contributed by atoms with E-state index in [4.69, 9.17) is 25.8 Å². The SMILES string of the molecule is COc1cccc(C2Nc3ccc(Cl)cc3C3OCCCC23)c1OC. The molecule has 0 aromatic heterocycles. The van der Waals surface area contributed by atoms with Crippen LogP contribution in [0.4, 0.5) is 5.69 Å². The molecule has 2 heterocycles. The van der Waals surface area contributed by atoms with E-state index in [1.807, 2.05) is 30.3 Å². The average Bonchev–Trinajstić information content (AvgIpc) is 2.66. The molecule has 4 nitrogen and oxygen atoms in total. The van der Waals surface area contributed by atoms with Crippen LogP contribution in [0.25, 0.3) is 0 Å². The predicted octanol–water partition coefficient (Wildman–Crippen LogP) is 4.99. The normalized spacial score (nSPS) is 24.7. The first-order valence-corrected chi connectivity index (χ1v) is 8.99. The van der Waals surface area contributed by atoms with Crippen LogP contribution in [0.1, 0.15) is 36.1 Å². The Kier molecular flexibility index (Phi) is 4.48. The van der Waals surface area contributed by atoms with Crippen LogP contribution in [0.5, 0.6) is 11.5 Å². The summed E-state index contributed by atoms with van der Waals surface area (Å²) in [7, 11) is 3.35. The Morgan fingerprint density at radius 2 is 2.00 bits per heavy atom. The maximum absolute atomic E-state index is 6.23. The summed E-state index contributed by atoms with van der Waals surface area (Å²) in [5, 5.41) is 4.43. The predicted molar refractivity (Wildman–Crippen MR) is 98.8 cm³/mol. The smallest absolute Gasteiger partial charge is 0.165 e. The number of para-hydroxylation sites is 1. The third-order valence-electron chi connectivity index (χ3n) is 5.20. The molecular weight excluding hydrogens is 338 g/mol. The number of hydrogen-bond acceptors (Lipinski definition) is 4. The van der Waals surface area contributed by atoms with Crippen molar-refractivity contribution in [3.63, 3.8) is 0 Å².